The molecule has 0 fully saturated rings. The maximum atomic E-state index is 14.2. The summed E-state index contributed by atoms with van der Waals surface area (Å²) in [5, 5.41) is 15.0. The molecular weight excluding hydrogens is 798 g/mol. The lowest BCUT2D eigenvalue weighted by atomic mass is 10.0. The van der Waals surface area contributed by atoms with Crippen LogP contribution in [0.1, 0.15) is 34.1 Å². The summed E-state index contributed by atoms with van der Waals surface area (Å²) in [6.45, 7) is 1.75. The minimum atomic E-state index is -4.70. The normalized spacial score (nSPS) is 15.8. The van der Waals surface area contributed by atoms with Gasteiger partial charge >= 0.3 is 12.1 Å². The molecule has 314 valence electrons. The summed E-state index contributed by atoms with van der Waals surface area (Å²) in [6.07, 6.45) is 3.70. The molecule has 0 spiro atoms. The van der Waals surface area contributed by atoms with Crippen molar-refractivity contribution < 1.29 is 41.9 Å². The Morgan fingerprint density at radius 2 is 1.44 bits per heavy atom. The molecule has 4 aromatic rings. The highest BCUT2D eigenvalue weighted by Crippen LogP contribution is 2.31. The van der Waals surface area contributed by atoms with Crippen molar-refractivity contribution >= 4 is 35.2 Å². The first-order chi connectivity index (χ1) is 29.0. The highest BCUT2D eigenvalue weighted by molar-refractivity contribution is 6.39. The number of nitrogens with zero attached hydrogens (tertiary/aromatic N) is 5. The Balaban J connectivity index is 1.27. The van der Waals surface area contributed by atoms with Gasteiger partial charge in [0.1, 0.15) is 29.2 Å². The molecule has 0 saturated heterocycles. The zero-order chi connectivity index (χ0) is 44.0. The van der Waals surface area contributed by atoms with Crippen molar-refractivity contribution in [3.63, 3.8) is 0 Å². The van der Waals surface area contributed by atoms with Crippen LogP contribution in [0.3, 0.4) is 0 Å². The number of hydrazine groups is 2. The van der Waals surface area contributed by atoms with Crippen LogP contribution in [0.15, 0.2) is 132 Å². The number of ketones is 2. The fourth-order valence-corrected chi connectivity index (χ4v) is 6.50. The lowest BCUT2D eigenvalue weighted by Crippen LogP contribution is -2.54. The van der Waals surface area contributed by atoms with Crippen LogP contribution >= 0.6 is 0 Å². The van der Waals surface area contributed by atoms with Crippen LogP contribution < -0.4 is 27.1 Å². The Morgan fingerprint density at radius 1 is 0.836 bits per heavy atom. The lowest BCUT2D eigenvalue weighted by Gasteiger charge is -2.31. The average molecular weight is 837 g/mol. The molecule has 2 aromatic heterocycles. The van der Waals surface area contributed by atoms with Gasteiger partial charge in [0.2, 0.25) is 11.6 Å². The molecule has 6 rings (SSSR count). The van der Waals surface area contributed by atoms with Crippen molar-refractivity contribution in [2.75, 3.05) is 7.05 Å². The first-order valence-corrected chi connectivity index (χ1v) is 18.6. The number of Topliss-reactive ketones (excluding diaryl/α,β-unsaturated/α-hetero) is 2. The van der Waals surface area contributed by atoms with Gasteiger partial charge in [0.15, 0.2) is 0 Å². The van der Waals surface area contributed by atoms with Gasteiger partial charge in [0.25, 0.3) is 17.7 Å². The third kappa shape index (κ3) is 10.1. The predicted octanol–water partition coefficient (Wildman–Crippen LogP) is 2.55. The minimum Gasteiger partial charge on any atom is -0.363 e. The van der Waals surface area contributed by atoms with Crippen LogP contribution in [0.4, 0.5) is 13.2 Å². The second kappa shape index (κ2) is 18.0. The monoisotopic (exact) mass is 836 g/mol. The Labute approximate surface area is 346 Å². The summed E-state index contributed by atoms with van der Waals surface area (Å²) in [5.41, 5.74) is 8.81. The molecule has 0 saturated carbocycles. The largest absolute Gasteiger partial charge is 0.433 e. The molecule has 0 radical (unpaired) electrons. The molecule has 19 heteroatoms. The molecule has 0 aliphatic carbocycles. The third-order valence-electron chi connectivity index (χ3n) is 9.42. The maximum Gasteiger partial charge on any atom is 0.433 e. The molecule has 61 heavy (non-hydrogen) atoms. The van der Waals surface area contributed by atoms with Gasteiger partial charge in [-0.15, -0.1) is 0 Å². The minimum absolute atomic E-state index is 0.0238. The maximum absolute atomic E-state index is 14.2. The fraction of sp³-hybridized carbons (Fsp3) is 0.190. The fourth-order valence-electron chi connectivity index (χ4n) is 6.50. The molecule has 2 aliphatic heterocycles. The number of aromatic nitrogens is 3. The van der Waals surface area contributed by atoms with E-state index in [0.717, 1.165) is 23.4 Å². The number of pyridine rings is 1. The molecule has 4 heterocycles. The molecule has 16 nitrogen and oxygen atoms in total. The first-order valence-electron chi connectivity index (χ1n) is 18.6. The topological polar surface area (TPSA) is 214 Å². The number of hydrogen-bond acceptors (Lipinski definition) is 11. The number of halogens is 3. The second-order valence-electron chi connectivity index (χ2n) is 14.0. The number of aryl methyl sites for hydroxylation is 1. The van der Waals surface area contributed by atoms with Gasteiger partial charge in [-0.25, -0.2) is 5.43 Å². The van der Waals surface area contributed by atoms with E-state index in [1.807, 2.05) is 0 Å². The summed E-state index contributed by atoms with van der Waals surface area (Å²) in [5.74, 6) is -6.29. The van der Waals surface area contributed by atoms with E-state index in [-0.39, 0.29) is 40.9 Å². The Bertz CT molecular complexity index is 2500. The van der Waals surface area contributed by atoms with Crippen molar-refractivity contribution in [2.45, 2.75) is 38.0 Å². The number of carbonyl (C=O) groups is 6. The molecule has 4 amide bonds. The molecular formula is C42H39F3N10O6. The number of alkyl halides is 3. The van der Waals surface area contributed by atoms with E-state index in [2.05, 4.69) is 31.5 Å². The van der Waals surface area contributed by atoms with Gasteiger partial charge in [0.05, 0.1) is 16.8 Å². The quantitative estimate of drug-likeness (QED) is 0.117. The molecule has 2 aromatic carbocycles. The van der Waals surface area contributed by atoms with Gasteiger partial charge in [-0.2, -0.15) is 23.4 Å². The number of nitrogens with one attached hydrogen (secondary N) is 4. The summed E-state index contributed by atoms with van der Waals surface area (Å²) in [4.78, 5) is 84.6. The van der Waals surface area contributed by atoms with Crippen LogP contribution in [0.2, 0.25) is 0 Å². The van der Waals surface area contributed by atoms with Crippen LogP contribution in [-0.4, -0.2) is 79.2 Å². The SMILES string of the molecule is CC1=CC=CC(=C2C(C(=O)NC(Cc3ccccc3)C(=O)C(N)=O)=CN(C)N2NC(=O)C(=O)C(Cc2ccccc2)NC(=O)c2cn(C)nc2-c2ccc(C(F)(F)F)nc2)N1. The van der Waals surface area contributed by atoms with Gasteiger partial charge < -0.3 is 21.7 Å². The van der Waals surface area contributed by atoms with Crippen molar-refractivity contribution in [3.05, 3.63) is 155 Å². The van der Waals surface area contributed by atoms with E-state index in [0.29, 0.717) is 22.5 Å². The van der Waals surface area contributed by atoms with E-state index < -0.39 is 59.1 Å². The van der Waals surface area contributed by atoms with E-state index in [4.69, 9.17) is 5.73 Å². The van der Waals surface area contributed by atoms with Gasteiger partial charge in [-0.05, 0) is 42.3 Å². The summed E-state index contributed by atoms with van der Waals surface area (Å²) < 4.78 is 40.9. The number of dihydropyridines is 1. The summed E-state index contributed by atoms with van der Waals surface area (Å²) in [7, 11) is 2.96. The summed E-state index contributed by atoms with van der Waals surface area (Å²) >= 11 is 0. The summed E-state index contributed by atoms with van der Waals surface area (Å²) in [6, 6.07) is 16.2. The van der Waals surface area contributed by atoms with Crippen LogP contribution in [0.25, 0.3) is 11.3 Å². The molecule has 2 unspecified atom stereocenters. The molecule has 2 atom stereocenters. The van der Waals surface area contributed by atoms with Crippen molar-refractivity contribution in [1.29, 1.82) is 0 Å². The van der Waals surface area contributed by atoms with Crippen molar-refractivity contribution in [2.24, 2.45) is 12.8 Å². The number of rotatable bonds is 14. The Hall–Kier alpha value is -7.83. The number of carbonyl (C=O) groups excluding carboxylic acids is 6. The molecule has 2 aliphatic rings. The van der Waals surface area contributed by atoms with Crippen LogP contribution in [0.5, 0.6) is 0 Å². The van der Waals surface area contributed by atoms with Crippen LogP contribution in [-0.2, 0) is 50.0 Å². The van der Waals surface area contributed by atoms with Crippen molar-refractivity contribution in [1.82, 2.24) is 46.3 Å². The zero-order valence-electron chi connectivity index (χ0n) is 32.9. The van der Waals surface area contributed by atoms with E-state index in [1.165, 1.54) is 36.2 Å². The number of benzene rings is 2. The second-order valence-corrected chi connectivity index (χ2v) is 14.0. The highest BCUT2D eigenvalue weighted by Gasteiger charge is 2.38. The number of primary amides is 1. The van der Waals surface area contributed by atoms with Gasteiger partial charge in [-0.3, -0.25) is 43.4 Å². The van der Waals surface area contributed by atoms with Crippen LogP contribution in [0, 0.1) is 0 Å². The zero-order valence-corrected chi connectivity index (χ0v) is 32.9. The highest BCUT2D eigenvalue weighted by atomic mass is 19.4. The number of amides is 4. The smallest absolute Gasteiger partial charge is 0.363 e. The average Bonchev–Trinajstić information content (AvgIpc) is 3.79. The predicted molar refractivity (Wildman–Crippen MR) is 213 cm³/mol. The number of nitrogens with two attached hydrogens (primary N) is 1. The van der Waals surface area contributed by atoms with Gasteiger partial charge in [-0.1, -0.05) is 66.7 Å². The standard InChI is InChI=1S/C42H39F3N10O6/c1-24-11-10-16-30(48-24)35-29(40(60)49-31(36(56)38(46)58)19-25-12-6-4-7-13-25)23-54(3)55(35)52-41(61)37(57)32(20-26-14-8-5-9-15-26)50-39(59)28-22-53(2)51-34(28)27-17-18-33(47-21-27)42(43,44)45/h4-18,21-23,31-32,48H,19-20H2,1-3H3,(H2,46,58)(H,49,60)(H,50,59)(H,52,61). The Kier molecular flexibility index (Phi) is 12.6. The molecule has 0 bridgehead atoms. The third-order valence-corrected chi connectivity index (χ3v) is 9.42. The Morgan fingerprint density at radius 3 is 2.00 bits per heavy atom. The molecule has 6 N–H and O–H groups in total. The first kappa shape index (κ1) is 42.8. The van der Waals surface area contributed by atoms with E-state index in [1.54, 1.807) is 85.8 Å². The van der Waals surface area contributed by atoms with Gasteiger partial charge in [0, 0.05) is 56.8 Å². The van der Waals surface area contributed by atoms with Crippen molar-refractivity contribution in [3.8, 4) is 11.3 Å². The van der Waals surface area contributed by atoms with E-state index in [9.17, 15) is 41.9 Å². The number of allylic oxidation sites excluding steroid dienone is 4. The van der Waals surface area contributed by atoms with E-state index >= 15 is 0 Å². The number of hydrogen-bond donors (Lipinski definition) is 5. The lowest BCUT2D eigenvalue weighted by molar-refractivity contribution is -0.144.